The Labute approximate surface area is 113 Å². The van der Waals surface area contributed by atoms with Gasteiger partial charge in [0.25, 0.3) is 0 Å². The first-order valence-corrected chi connectivity index (χ1v) is 6.86. The smallest absolute Gasteiger partial charge is 0.222 e. The van der Waals surface area contributed by atoms with Gasteiger partial charge in [-0.2, -0.15) is 0 Å². The van der Waals surface area contributed by atoms with Gasteiger partial charge in [-0.3, -0.25) is 4.79 Å². The summed E-state index contributed by atoms with van der Waals surface area (Å²) in [5.41, 5.74) is 0.662. The molecule has 1 N–H and O–H groups in total. The molecule has 1 aliphatic heterocycles. The molecule has 0 aromatic heterocycles. The molecule has 1 atom stereocenters. The van der Waals surface area contributed by atoms with E-state index in [9.17, 15) is 14.3 Å². The molecule has 3 nitrogen and oxygen atoms in total. The van der Waals surface area contributed by atoms with Crippen LogP contribution in [-0.4, -0.2) is 35.1 Å². The Hall–Kier alpha value is -1.42. The maximum atomic E-state index is 13.4. The first-order valence-electron chi connectivity index (χ1n) is 6.86. The average molecular weight is 265 g/mol. The Morgan fingerprint density at radius 3 is 2.95 bits per heavy atom. The van der Waals surface area contributed by atoms with Crippen molar-refractivity contribution in [1.82, 2.24) is 4.90 Å². The van der Waals surface area contributed by atoms with E-state index < -0.39 is 0 Å². The molecule has 0 radical (unpaired) electrons. The third-order valence-electron chi connectivity index (χ3n) is 3.70. The summed E-state index contributed by atoms with van der Waals surface area (Å²) in [4.78, 5) is 13.8. The van der Waals surface area contributed by atoms with Gasteiger partial charge in [0.1, 0.15) is 5.82 Å². The predicted molar refractivity (Wildman–Crippen MR) is 71.2 cm³/mol. The highest BCUT2D eigenvalue weighted by molar-refractivity contribution is 5.76. The number of benzene rings is 1. The van der Waals surface area contributed by atoms with Crippen LogP contribution in [0.3, 0.4) is 0 Å². The number of likely N-dealkylation sites (tertiary alicyclic amines) is 1. The summed E-state index contributed by atoms with van der Waals surface area (Å²) in [6, 6.07) is 6.66. The fourth-order valence-corrected chi connectivity index (χ4v) is 2.63. The van der Waals surface area contributed by atoms with Gasteiger partial charge in [-0.05, 0) is 37.3 Å². The molecule has 4 heteroatoms. The van der Waals surface area contributed by atoms with Crippen molar-refractivity contribution in [3.63, 3.8) is 0 Å². The minimum absolute atomic E-state index is 0.0130. The molecule has 1 aromatic rings. The summed E-state index contributed by atoms with van der Waals surface area (Å²) in [5.74, 6) is -0.128. The number of aliphatic hydroxyl groups excluding tert-OH is 1. The third kappa shape index (κ3) is 3.53. The number of halogens is 1. The zero-order valence-corrected chi connectivity index (χ0v) is 11.0. The number of aryl methyl sites for hydroxylation is 1. The van der Waals surface area contributed by atoms with Crippen LogP contribution in [0.25, 0.3) is 0 Å². The van der Waals surface area contributed by atoms with Crippen LogP contribution >= 0.6 is 0 Å². The zero-order chi connectivity index (χ0) is 13.7. The van der Waals surface area contributed by atoms with E-state index in [0.29, 0.717) is 24.8 Å². The van der Waals surface area contributed by atoms with Crippen LogP contribution in [0.5, 0.6) is 0 Å². The summed E-state index contributed by atoms with van der Waals surface area (Å²) < 4.78 is 13.4. The Morgan fingerprint density at radius 1 is 1.42 bits per heavy atom. The third-order valence-corrected chi connectivity index (χ3v) is 3.70. The number of aliphatic hydroxyl groups is 1. The lowest BCUT2D eigenvalue weighted by atomic mass is 10.1. The lowest BCUT2D eigenvalue weighted by molar-refractivity contribution is -0.132. The molecule has 1 amide bonds. The van der Waals surface area contributed by atoms with Gasteiger partial charge in [0.15, 0.2) is 0 Å². The molecule has 1 heterocycles. The summed E-state index contributed by atoms with van der Waals surface area (Å²) >= 11 is 0. The van der Waals surface area contributed by atoms with Crippen LogP contribution in [0.1, 0.15) is 31.2 Å². The molecule has 0 saturated carbocycles. The van der Waals surface area contributed by atoms with Crippen LogP contribution in [0, 0.1) is 5.82 Å². The highest BCUT2D eigenvalue weighted by Gasteiger charge is 2.27. The van der Waals surface area contributed by atoms with Gasteiger partial charge in [-0.15, -0.1) is 0 Å². The summed E-state index contributed by atoms with van der Waals surface area (Å²) in [7, 11) is 0. The molecular weight excluding hydrogens is 245 g/mol. The topological polar surface area (TPSA) is 40.5 Å². The first-order chi connectivity index (χ1) is 9.22. The van der Waals surface area contributed by atoms with E-state index in [0.717, 1.165) is 19.4 Å². The van der Waals surface area contributed by atoms with E-state index in [4.69, 9.17) is 0 Å². The number of rotatable bonds is 5. The van der Waals surface area contributed by atoms with Crippen LogP contribution < -0.4 is 0 Å². The van der Waals surface area contributed by atoms with E-state index in [2.05, 4.69) is 0 Å². The number of amides is 1. The SMILES string of the molecule is O=C(CCCc1ccccc1F)N1CCCC1CO. The number of carbonyl (C=O) groups excluding carboxylic acids is 1. The Morgan fingerprint density at radius 2 is 2.21 bits per heavy atom. The van der Waals surface area contributed by atoms with E-state index in [-0.39, 0.29) is 24.4 Å². The van der Waals surface area contributed by atoms with E-state index in [1.54, 1.807) is 17.0 Å². The molecule has 1 fully saturated rings. The van der Waals surface area contributed by atoms with Crippen molar-refractivity contribution in [2.75, 3.05) is 13.2 Å². The Balaban J connectivity index is 1.80. The van der Waals surface area contributed by atoms with E-state index in [1.165, 1.54) is 6.07 Å². The van der Waals surface area contributed by atoms with Crippen molar-refractivity contribution < 1.29 is 14.3 Å². The van der Waals surface area contributed by atoms with Gasteiger partial charge >= 0.3 is 0 Å². The Bertz CT molecular complexity index is 436. The van der Waals surface area contributed by atoms with Gasteiger partial charge in [0, 0.05) is 13.0 Å². The summed E-state index contributed by atoms with van der Waals surface area (Å²) in [5, 5.41) is 9.18. The highest BCUT2D eigenvalue weighted by atomic mass is 19.1. The zero-order valence-electron chi connectivity index (χ0n) is 11.0. The van der Waals surface area contributed by atoms with Gasteiger partial charge in [0.05, 0.1) is 12.6 Å². The molecule has 1 saturated heterocycles. The van der Waals surface area contributed by atoms with Crippen LogP contribution in [0.4, 0.5) is 4.39 Å². The van der Waals surface area contributed by atoms with E-state index >= 15 is 0 Å². The second kappa shape index (κ2) is 6.66. The summed E-state index contributed by atoms with van der Waals surface area (Å²) in [6.07, 6.45) is 3.50. The van der Waals surface area contributed by atoms with Crippen molar-refractivity contribution in [2.45, 2.75) is 38.1 Å². The second-order valence-corrected chi connectivity index (χ2v) is 5.01. The monoisotopic (exact) mass is 265 g/mol. The first kappa shape index (κ1) is 14.0. The molecule has 0 aliphatic carbocycles. The van der Waals surface area contributed by atoms with Gasteiger partial charge in [-0.1, -0.05) is 18.2 Å². The quantitative estimate of drug-likeness (QED) is 0.886. The maximum absolute atomic E-state index is 13.4. The number of carbonyl (C=O) groups is 1. The molecule has 1 unspecified atom stereocenters. The molecule has 2 rings (SSSR count). The maximum Gasteiger partial charge on any atom is 0.222 e. The highest BCUT2D eigenvalue weighted by Crippen LogP contribution is 2.19. The second-order valence-electron chi connectivity index (χ2n) is 5.01. The van der Waals surface area contributed by atoms with Gasteiger partial charge < -0.3 is 10.0 Å². The van der Waals surface area contributed by atoms with Crippen molar-refractivity contribution in [1.29, 1.82) is 0 Å². The minimum Gasteiger partial charge on any atom is -0.394 e. The van der Waals surface area contributed by atoms with Gasteiger partial charge in [-0.25, -0.2) is 4.39 Å². The fourth-order valence-electron chi connectivity index (χ4n) is 2.63. The molecule has 1 aromatic carbocycles. The minimum atomic E-state index is -0.204. The summed E-state index contributed by atoms with van der Waals surface area (Å²) in [6.45, 7) is 0.781. The van der Waals surface area contributed by atoms with Crippen molar-refractivity contribution in [3.8, 4) is 0 Å². The fraction of sp³-hybridized carbons (Fsp3) is 0.533. The van der Waals surface area contributed by atoms with Crippen LogP contribution in [-0.2, 0) is 11.2 Å². The normalized spacial score (nSPS) is 18.8. The molecule has 0 bridgehead atoms. The van der Waals surface area contributed by atoms with Crippen molar-refractivity contribution in [3.05, 3.63) is 35.6 Å². The molecule has 19 heavy (non-hydrogen) atoms. The van der Waals surface area contributed by atoms with Crippen LogP contribution in [0.2, 0.25) is 0 Å². The average Bonchev–Trinajstić information content (AvgIpc) is 2.89. The standard InChI is InChI=1S/C15H20FNO2/c16-14-8-2-1-5-12(14)6-3-9-15(19)17-10-4-7-13(17)11-18/h1-2,5,8,13,18H,3-4,6-7,9-11H2. The number of hydrogen-bond donors (Lipinski definition) is 1. The number of nitrogens with zero attached hydrogens (tertiary/aromatic N) is 1. The largest absolute Gasteiger partial charge is 0.394 e. The van der Waals surface area contributed by atoms with Crippen LogP contribution in [0.15, 0.2) is 24.3 Å². The van der Waals surface area contributed by atoms with Crippen molar-refractivity contribution in [2.24, 2.45) is 0 Å². The van der Waals surface area contributed by atoms with Gasteiger partial charge in [0.2, 0.25) is 5.91 Å². The van der Waals surface area contributed by atoms with Crippen molar-refractivity contribution >= 4 is 5.91 Å². The lowest BCUT2D eigenvalue weighted by Crippen LogP contribution is -2.37. The molecule has 0 spiro atoms. The predicted octanol–water partition coefficient (Wildman–Crippen LogP) is 2.13. The Kier molecular flexibility index (Phi) is 4.91. The number of hydrogen-bond acceptors (Lipinski definition) is 2. The van der Waals surface area contributed by atoms with E-state index in [1.807, 2.05) is 6.07 Å². The molecule has 104 valence electrons. The lowest BCUT2D eigenvalue weighted by Gasteiger charge is -2.23. The molecular formula is C15H20FNO2. The molecule has 1 aliphatic rings.